The molecule has 1 aliphatic rings. The topological polar surface area (TPSA) is 58.6 Å². The number of amides is 1. The smallest absolute Gasteiger partial charge is 0.433 e. The van der Waals surface area contributed by atoms with E-state index < -0.39 is 23.6 Å². The molecule has 1 amide bonds. The van der Waals surface area contributed by atoms with E-state index in [0.717, 1.165) is 12.3 Å². The average Bonchev–Trinajstić information content (AvgIpc) is 2.87. The Hall–Kier alpha value is -4.21. The van der Waals surface area contributed by atoms with Crippen LogP contribution in [-0.2, 0) is 19.0 Å². The van der Waals surface area contributed by atoms with Gasteiger partial charge in [0.05, 0.1) is 29.7 Å². The summed E-state index contributed by atoms with van der Waals surface area (Å²) in [6.07, 6.45) is 0.790. The van der Waals surface area contributed by atoms with Gasteiger partial charge in [-0.15, -0.1) is 13.2 Å². The summed E-state index contributed by atoms with van der Waals surface area (Å²) >= 11 is 0. The highest BCUT2D eigenvalue weighted by Gasteiger charge is 2.38. The minimum atomic E-state index is -4.72. The molecule has 0 N–H and O–H groups in total. The maximum Gasteiger partial charge on any atom is 0.433 e. The molecule has 0 atom stereocenters. The number of carbonyl (C=O) groups is 1. The number of aryl methyl sites for hydroxylation is 1. The van der Waals surface area contributed by atoms with Crippen LogP contribution in [0.3, 0.4) is 0 Å². The number of methoxy groups -OCH3 is 1. The SMILES string of the molecule is C=CCCc1nc(OC)ccc1N1CN(c2ccc(F)cc2CC=C)c2cc(C(F)(F)F)ncc2C1=O. The van der Waals surface area contributed by atoms with E-state index in [1.807, 2.05) is 0 Å². The molecule has 0 radical (unpaired) electrons. The number of hydrogen-bond acceptors (Lipinski definition) is 5. The lowest BCUT2D eigenvalue weighted by atomic mass is 10.0. The first kappa shape index (κ1) is 25.9. The zero-order valence-corrected chi connectivity index (χ0v) is 20.1. The Bertz CT molecular complexity index is 1360. The van der Waals surface area contributed by atoms with E-state index in [4.69, 9.17) is 4.74 Å². The fourth-order valence-corrected chi connectivity index (χ4v) is 4.20. The molecule has 0 unspecified atom stereocenters. The number of hydrogen-bond donors (Lipinski definition) is 0. The van der Waals surface area contributed by atoms with Crippen molar-refractivity contribution in [3.8, 4) is 5.88 Å². The minimum Gasteiger partial charge on any atom is -0.481 e. The number of aromatic nitrogens is 2. The van der Waals surface area contributed by atoms with Crippen LogP contribution in [0.5, 0.6) is 5.88 Å². The number of ether oxygens (including phenoxy) is 1. The third-order valence-corrected chi connectivity index (χ3v) is 5.93. The van der Waals surface area contributed by atoms with Crippen molar-refractivity contribution in [1.82, 2.24) is 9.97 Å². The number of anilines is 3. The molecule has 192 valence electrons. The average molecular weight is 513 g/mol. The second-order valence-electron chi connectivity index (χ2n) is 8.30. The molecule has 0 fully saturated rings. The van der Waals surface area contributed by atoms with Gasteiger partial charge < -0.3 is 9.64 Å². The third kappa shape index (κ3) is 5.18. The molecule has 6 nitrogen and oxygen atoms in total. The maximum absolute atomic E-state index is 14.1. The number of halogens is 4. The van der Waals surface area contributed by atoms with Gasteiger partial charge in [0, 0.05) is 18.0 Å². The fourth-order valence-electron chi connectivity index (χ4n) is 4.20. The van der Waals surface area contributed by atoms with E-state index in [-0.39, 0.29) is 24.3 Å². The van der Waals surface area contributed by atoms with Gasteiger partial charge in [0.25, 0.3) is 5.91 Å². The number of alkyl halides is 3. The summed E-state index contributed by atoms with van der Waals surface area (Å²) in [5.74, 6) is -0.679. The van der Waals surface area contributed by atoms with E-state index in [1.54, 1.807) is 29.2 Å². The van der Waals surface area contributed by atoms with Crippen LogP contribution in [0.4, 0.5) is 34.6 Å². The van der Waals surface area contributed by atoms with Gasteiger partial charge in [0.15, 0.2) is 0 Å². The van der Waals surface area contributed by atoms with E-state index in [1.165, 1.54) is 30.2 Å². The number of carbonyl (C=O) groups excluding carboxylic acids is 1. The Kier molecular flexibility index (Phi) is 7.28. The molecule has 0 aliphatic carbocycles. The normalized spacial score (nSPS) is 13.4. The summed E-state index contributed by atoms with van der Waals surface area (Å²) in [6.45, 7) is 7.29. The van der Waals surface area contributed by atoms with Crippen molar-refractivity contribution in [2.45, 2.75) is 25.4 Å². The molecule has 0 saturated carbocycles. The number of fused-ring (bicyclic) bond motifs is 1. The highest BCUT2D eigenvalue weighted by molar-refractivity contribution is 6.12. The van der Waals surface area contributed by atoms with Gasteiger partial charge in [-0.05, 0) is 55.2 Å². The van der Waals surface area contributed by atoms with Crippen molar-refractivity contribution >= 4 is 23.0 Å². The van der Waals surface area contributed by atoms with Gasteiger partial charge in [-0.1, -0.05) is 12.2 Å². The molecule has 3 aromatic rings. The summed E-state index contributed by atoms with van der Waals surface area (Å²) in [5, 5.41) is 0. The summed E-state index contributed by atoms with van der Waals surface area (Å²) < 4.78 is 60.0. The van der Waals surface area contributed by atoms with Gasteiger partial charge in [0.2, 0.25) is 5.88 Å². The van der Waals surface area contributed by atoms with Crippen molar-refractivity contribution in [2.24, 2.45) is 0 Å². The molecule has 10 heteroatoms. The molecule has 1 aliphatic heterocycles. The molecule has 37 heavy (non-hydrogen) atoms. The Balaban J connectivity index is 1.92. The number of rotatable bonds is 8. The van der Waals surface area contributed by atoms with Crippen LogP contribution >= 0.6 is 0 Å². The summed E-state index contributed by atoms with van der Waals surface area (Å²) in [6, 6.07) is 8.12. The molecule has 3 heterocycles. The van der Waals surface area contributed by atoms with Crippen molar-refractivity contribution in [3.05, 3.63) is 96.2 Å². The molecular formula is C27H24F4N4O2. The molecule has 2 aromatic heterocycles. The Morgan fingerprint density at radius 1 is 1.05 bits per heavy atom. The van der Waals surface area contributed by atoms with Gasteiger partial charge in [-0.3, -0.25) is 14.7 Å². The predicted molar refractivity (Wildman–Crippen MR) is 133 cm³/mol. The van der Waals surface area contributed by atoms with Gasteiger partial charge in [-0.2, -0.15) is 13.2 Å². The number of allylic oxidation sites excluding steroid dienone is 2. The van der Waals surface area contributed by atoms with Crippen molar-refractivity contribution in [1.29, 1.82) is 0 Å². The zero-order valence-electron chi connectivity index (χ0n) is 20.1. The van der Waals surface area contributed by atoms with Crippen molar-refractivity contribution in [3.63, 3.8) is 0 Å². The standard InChI is InChI=1S/C27H24F4N4O2/c1-4-6-8-20-22(11-12-25(33-20)37-3)35-16-34(21-10-9-18(28)13-17(21)7-5-2)23-14-24(27(29,30)31)32-15-19(23)26(35)36/h4-5,9-15H,1-2,6-8,16H2,3H3. The Morgan fingerprint density at radius 2 is 1.81 bits per heavy atom. The maximum atomic E-state index is 14.1. The molecule has 0 bridgehead atoms. The zero-order chi connectivity index (χ0) is 26.7. The quantitative estimate of drug-likeness (QED) is 0.264. The van der Waals surface area contributed by atoms with Crippen LogP contribution in [-0.4, -0.2) is 29.7 Å². The molecule has 1 aromatic carbocycles. The van der Waals surface area contributed by atoms with Crippen LogP contribution in [0.15, 0.2) is 67.9 Å². The summed E-state index contributed by atoms with van der Waals surface area (Å²) in [5.41, 5.74) is 0.821. The van der Waals surface area contributed by atoms with E-state index in [0.29, 0.717) is 41.4 Å². The van der Waals surface area contributed by atoms with Gasteiger partial charge >= 0.3 is 6.18 Å². The van der Waals surface area contributed by atoms with E-state index in [2.05, 4.69) is 23.1 Å². The number of benzene rings is 1. The molecule has 4 rings (SSSR count). The molecule has 0 saturated heterocycles. The summed E-state index contributed by atoms with van der Waals surface area (Å²) in [4.78, 5) is 24.6. The Morgan fingerprint density at radius 3 is 2.49 bits per heavy atom. The largest absolute Gasteiger partial charge is 0.481 e. The highest BCUT2D eigenvalue weighted by Crippen LogP contribution is 2.41. The fraction of sp³-hybridized carbons (Fsp3) is 0.222. The minimum absolute atomic E-state index is 0.0228. The van der Waals surface area contributed by atoms with Crippen molar-refractivity contribution < 1.29 is 27.1 Å². The van der Waals surface area contributed by atoms with Gasteiger partial charge in [-0.25, -0.2) is 9.37 Å². The second-order valence-corrected chi connectivity index (χ2v) is 8.30. The lowest BCUT2D eigenvalue weighted by molar-refractivity contribution is -0.141. The lowest BCUT2D eigenvalue weighted by Gasteiger charge is -2.39. The van der Waals surface area contributed by atoms with E-state index >= 15 is 0 Å². The van der Waals surface area contributed by atoms with E-state index in [9.17, 15) is 22.4 Å². The summed E-state index contributed by atoms with van der Waals surface area (Å²) in [7, 11) is 1.48. The van der Waals surface area contributed by atoms with Crippen molar-refractivity contribution in [2.75, 3.05) is 23.6 Å². The first-order valence-electron chi connectivity index (χ1n) is 11.4. The lowest BCUT2D eigenvalue weighted by Crippen LogP contribution is -2.46. The Labute approximate surface area is 211 Å². The molecule has 0 spiro atoms. The number of nitrogens with zero attached hydrogens (tertiary/aromatic N) is 4. The first-order chi connectivity index (χ1) is 17.7. The van der Waals surface area contributed by atoms with Crippen LogP contribution in [0.2, 0.25) is 0 Å². The molecular weight excluding hydrogens is 488 g/mol. The number of pyridine rings is 2. The van der Waals surface area contributed by atoms with Gasteiger partial charge in [0.1, 0.15) is 18.2 Å². The monoisotopic (exact) mass is 512 g/mol. The van der Waals surface area contributed by atoms with Crippen LogP contribution in [0, 0.1) is 5.82 Å². The van der Waals surface area contributed by atoms with Crippen LogP contribution in [0.1, 0.15) is 33.7 Å². The second kappa shape index (κ2) is 10.4. The predicted octanol–water partition coefficient (Wildman–Crippen LogP) is 6.25. The highest BCUT2D eigenvalue weighted by atomic mass is 19.4. The third-order valence-electron chi connectivity index (χ3n) is 5.93. The van der Waals surface area contributed by atoms with Crippen LogP contribution in [0.25, 0.3) is 0 Å². The van der Waals surface area contributed by atoms with Crippen LogP contribution < -0.4 is 14.5 Å². The first-order valence-corrected chi connectivity index (χ1v) is 11.4.